The smallest absolute Gasteiger partial charge is 0.412 e. The topological polar surface area (TPSA) is 114 Å². The van der Waals surface area contributed by atoms with Crippen molar-refractivity contribution in [1.82, 2.24) is 0 Å². The quantitative estimate of drug-likeness (QED) is 0.180. The molecular formula is C27H28BrN3O4. The molecule has 0 spiro atoms. The van der Waals surface area contributed by atoms with Crippen LogP contribution in [-0.4, -0.2) is 17.1 Å². The van der Waals surface area contributed by atoms with Gasteiger partial charge in [0.1, 0.15) is 11.9 Å². The van der Waals surface area contributed by atoms with E-state index in [0.717, 1.165) is 4.47 Å². The number of nitrogens with one attached hydrogen (secondary N) is 2. The van der Waals surface area contributed by atoms with Crippen LogP contribution in [0.4, 0.5) is 21.9 Å². The van der Waals surface area contributed by atoms with Gasteiger partial charge in [0.15, 0.2) is 0 Å². The van der Waals surface area contributed by atoms with Gasteiger partial charge < -0.3 is 20.9 Å². The number of anilines is 3. The molecule has 2 atom stereocenters. The molecule has 0 saturated heterocycles. The van der Waals surface area contributed by atoms with Gasteiger partial charge in [0.2, 0.25) is 5.91 Å². The van der Waals surface area contributed by atoms with Crippen LogP contribution in [0.3, 0.4) is 0 Å². The molecule has 0 bridgehead atoms. The van der Waals surface area contributed by atoms with Crippen LogP contribution < -0.4 is 16.4 Å². The van der Waals surface area contributed by atoms with E-state index >= 15 is 0 Å². The average molecular weight is 538 g/mol. The van der Waals surface area contributed by atoms with Crippen molar-refractivity contribution in [3.8, 4) is 5.75 Å². The van der Waals surface area contributed by atoms with E-state index in [0.29, 0.717) is 35.5 Å². The zero-order valence-electron chi connectivity index (χ0n) is 19.3. The number of para-hydroxylation sites is 3. The van der Waals surface area contributed by atoms with Gasteiger partial charge in [-0.25, -0.2) is 4.79 Å². The van der Waals surface area contributed by atoms with Crippen molar-refractivity contribution in [2.45, 2.75) is 25.9 Å². The van der Waals surface area contributed by atoms with Crippen molar-refractivity contribution in [3.63, 3.8) is 0 Å². The largest absolute Gasteiger partial charge is 0.508 e. The Morgan fingerprint density at radius 3 is 2.51 bits per heavy atom. The highest BCUT2D eigenvalue weighted by Gasteiger charge is 2.26. The molecule has 0 saturated carbocycles. The predicted molar refractivity (Wildman–Crippen MR) is 142 cm³/mol. The standard InChI is InChI=1S/C27H28BrN3O4/c1-18(9-5-8-14-25(33)31-23-13-7-6-12-22(23)29)26(21-17-19(28)15-16-24(21)32)35-27(34)30-20-10-3-2-4-11-20/h2-4,6-8,10-18,26,32H,5,9,29H2,1H3,(H,30,34)(H,31,33)/b14-8+/t18-,26-/m0/s1. The lowest BCUT2D eigenvalue weighted by molar-refractivity contribution is -0.111. The number of allylic oxidation sites excluding steroid dienone is 1. The van der Waals surface area contributed by atoms with Crippen LogP contribution in [0.15, 0.2) is 89.4 Å². The minimum absolute atomic E-state index is 0.0351. The lowest BCUT2D eigenvalue weighted by atomic mass is 9.92. The maximum Gasteiger partial charge on any atom is 0.412 e. The monoisotopic (exact) mass is 537 g/mol. The fourth-order valence-corrected chi connectivity index (χ4v) is 3.89. The molecule has 0 radical (unpaired) electrons. The number of phenols is 1. The molecule has 182 valence electrons. The molecule has 0 aromatic heterocycles. The molecule has 3 aromatic rings. The Balaban J connectivity index is 1.64. The SMILES string of the molecule is C[C@@H](CC/C=C/C(=O)Nc1ccccc1N)[C@H](OC(=O)Nc1ccccc1)c1cc(Br)ccc1O. The fraction of sp³-hybridized carbons (Fsp3) is 0.185. The van der Waals surface area contributed by atoms with Crippen molar-refractivity contribution < 1.29 is 19.4 Å². The Hall–Kier alpha value is -3.78. The number of carbonyl (C=O) groups is 2. The molecule has 2 amide bonds. The number of halogens is 1. The number of hydrogen-bond acceptors (Lipinski definition) is 5. The summed E-state index contributed by atoms with van der Waals surface area (Å²) in [5.41, 5.74) is 8.00. The lowest BCUT2D eigenvalue weighted by Gasteiger charge is -2.25. The number of hydrogen-bond donors (Lipinski definition) is 4. The third-order valence-corrected chi connectivity index (χ3v) is 5.84. The minimum Gasteiger partial charge on any atom is -0.508 e. The zero-order chi connectivity index (χ0) is 25.2. The summed E-state index contributed by atoms with van der Waals surface area (Å²) >= 11 is 3.41. The number of nitrogen functional groups attached to an aromatic ring is 1. The average Bonchev–Trinajstić information content (AvgIpc) is 2.84. The Bertz CT molecular complexity index is 1180. The van der Waals surface area contributed by atoms with Crippen LogP contribution in [-0.2, 0) is 9.53 Å². The highest BCUT2D eigenvalue weighted by Crippen LogP contribution is 2.36. The van der Waals surface area contributed by atoms with E-state index in [9.17, 15) is 14.7 Å². The van der Waals surface area contributed by atoms with Crippen molar-refractivity contribution in [2.75, 3.05) is 16.4 Å². The van der Waals surface area contributed by atoms with Gasteiger partial charge in [-0.05, 0) is 67.3 Å². The Kier molecular flexibility index (Phi) is 9.31. The van der Waals surface area contributed by atoms with Crippen molar-refractivity contribution >= 4 is 45.0 Å². The molecule has 3 rings (SSSR count). The molecule has 5 N–H and O–H groups in total. The minimum atomic E-state index is -0.706. The predicted octanol–water partition coefficient (Wildman–Crippen LogP) is 6.64. The normalized spacial score (nSPS) is 12.6. The van der Waals surface area contributed by atoms with Gasteiger partial charge in [0, 0.05) is 15.7 Å². The first kappa shape index (κ1) is 25.8. The molecule has 0 fully saturated rings. The van der Waals surface area contributed by atoms with Crippen LogP contribution in [0.25, 0.3) is 0 Å². The number of ether oxygens (including phenoxy) is 1. The highest BCUT2D eigenvalue weighted by molar-refractivity contribution is 9.10. The van der Waals surface area contributed by atoms with Gasteiger partial charge in [-0.3, -0.25) is 10.1 Å². The first-order chi connectivity index (χ1) is 16.8. The number of rotatable bonds is 9. The molecule has 0 heterocycles. The van der Waals surface area contributed by atoms with Crippen LogP contribution in [0.5, 0.6) is 5.75 Å². The first-order valence-corrected chi connectivity index (χ1v) is 12.0. The summed E-state index contributed by atoms with van der Waals surface area (Å²) in [5.74, 6) is -0.405. The fourth-order valence-electron chi connectivity index (χ4n) is 3.51. The second kappa shape index (κ2) is 12.6. The van der Waals surface area contributed by atoms with Crippen LogP contribution in [0, 0.1) is 5.92 Å². The third kappa shape index (κ3) is 7.89. The number of aromatic hydroxyl groups is 1. The van der Waals surface area contributed by atoms with Gasteiger partial charge in [-0.2, -0.15) is 0 Å². The van der Waals surface area contributed by atoms with Crippen molar-refractivity contribution in [3.05, 3.63) is 95.0 Å². The molecule has 7 nitrogen and oxygen atoms in total. The molecule has 0 aliphatic heterocycles. The Morgan fingerprint density at radius 2 is 1.77 bits per heavy atom. The molecule has 0 aliphatic rings. The summed E-state index contributed by atoms with van der Waals surface area (Å²) < 4.78 is 6.52. The summed E-state index contributed by atoms with van der Waals surface area (Å²) in [6.45, 7) is 1.93. The third-order valence-electron chi connectivity index (χ3n) is 5.34. The van der Waals surface area contributed by atoms with Gasteiger partial charge in [-0.1, -0.05) is 59.3 Å². The van der Waals surface area contributed by atoms with E-state index in [-0.39, 0.29) is 17.6 Å². The summed E-state index contributed by atoms with van der Waals surface area (Å²) in [5, 5.41) is 15.9. The molecule has 0 unspecified atom stereocenters. The Labute approximate surface area is 213 Å². The number of nitrogens with two attached hydrogens (primary N) is 1. The second-order valence-corrected chi connectivity index (χ2v) is 8.97. The highest BCUT2D eigenvalue weighted by atomic mass is 79.9. The van der Waals surface area contributed by atoms with Crippen molar-refractivity contribution in [1.29, 1.82) is 0 Å². The molecule has 0 aliphatic carbocycles. The summed E-state index contributed by atoms with van der Waals surface area (Å²) in [6, 6.07) is 21.0. The number of phenolic OH excluding ortho intramolecular Hbond substituents is 1. The van der Waals surface area contributed by atoms with E-state index < -0.39 is 12.2 Å². The zero-order valence-corrected chi connectivity index (χ0v) is 20.9. The van der Waals surface area contributed by atoms with E-state index in [4.69, 9.17) is 10.5 Å². The van der Waals surface area contributed by atoms with E-state index in [1.54, 1.807) is 60.7 Å². The molecular weight excluding hydrogens is 510 g/mol. The summed E-state index contributed by atoms with van der Waals surface area (Å²) in [7, 11) is 0. The van der Waals surface area contributed by atoms with Gasteiger partial charge >= 0.3 is 6.09 Å². The maximum atomic E-state index is 12.6. The van der Waals surface area contributed by atoms with E-state index in [2.05, 4.69) is 26.6 Å². The van der Waals surface area contributed by atoms with E-state index in [1.807, 2.05) is 25.1 Å². The summed E-state index contributed by atoms with van der Waals surface area (Å²) in [4.78, 5) is 24.8. The van der Waals surface area contributed by atoms with Crippen molar-refractivity contribution in [2.24, 2.45) is 5.92 Å². The lowest BCUT2D eigenvalue weighted by Crippen LogP contribution is -2.22. The molecule has 3 aromatic carbocycles. The van der Waals surface area contributed by atoms with E-state index in [1.165, 1.54) is 6.08 Å². The van der Waals surface area contributed by atoms with Crippen LogP contribution in [0.1, 0.15) is 31.4 Å². The number of amides is 2. The first-order valence-electron chi connectivity index (χ1n) is 11.2. The number of benzene rings is 3. The van der Waals surface area contributed by atoms with Crippen LogP contribution >= 0.6 is 15.9 Å². The van der Waals surface area contributed by atoms with Gasteiger partial charge in [-0.15, -0.1) is 0 Å². The summed E-state index contributed by atoms with van der Waals surface area (Å²) in [6.07, 6.45) is 3.05. The molecule has 35 heavy (non-hydrogen) atoms. The second-order valence-electron chi connectivity index (χ2n) is 8.05. The number of carbonyl (C=O) groups excluding carboxylic acids is 2. The maximum absolute atomic E-state index is 12.6. The van der Waals surface area contributed by atoms with Gasteiger partial charge in [0.05, 0.1) is 11.4 Å². The Morgan fingerprint density at radius 1 is 1.06 bits per heavy atom. The molecule has 8 heteroatoms. The van der Waals surface area contributed by atoms with Gasteiger partial charge in [0.25, 0.3) is 0 Å². The van der Waals surface area contributed by atoms with Crippen LogP contribution in [0.2, 0.25) is 0 Å².